The SMILES string of the molecule is CC(C)c1ccc(NC(=O)C(C)(C)C(=O)N2c3ccccc3CC2C)cc1. The van der Waals surface area contributed by atoms with Crippen molar-refractivity contribution in [3.05, 3.63) is 59.7 Å². The summed E-state index contributed by atoms with van der Waals surface area (Å²) in [6, 6.07) is 15.8. The van der Waals surface area contributed by atoms with Crippen LogP contribution in [0, 0.1) is 5.41 Å². The van der Waals surface area contributed by atoms with E-state index in [0.29, 0.717) is 11.6 Å². The van der Waals surface area contributed by atoms with Crippen LogP contribution in [0.1, 0.15) is 51.7 Å². The number of anilines is 2. The van der Waals surface area contributed by atoms with E-state index in [-0.39, 0.29) is 17.9 Å². The number of nitrogens with one attached hydrogen (secondary N) is 1. The van der Waals surface area contributed by atoms with Crippen LogP contribution < -0.4 is 10.2 Å². The van der Waals surface area contributed by atoms with Crippen molar-refractivity contribution in [1.82, 2.24) is 0 Å². The lowest BCUT2D eigenvalue weighted by molar-refractivity contribution is -0.136. The fourth-order valence-electron chi connectivity index (χ4n) is 3.51. The lowest BCUT2D eigenvalue weighted by Gasteiger charge is -2.31. The first kappa shape index (κ1) is 19.2. The lowest BCUT2D eigenvalue weighted by atomic mass is 9.89. The Balaban J connectivity index is 1.78. The predicted octanol–water partition coefficient (Wildman–Crippen LogP) is 4.75. The van der Waals surface area contributed by atoms with Gasteiger partial charge in [0, 0.05) is 17.4 Å². The summed E-state index contributed by atoms with van der Waals surface area (Å²) in [4.78, 5) is 28.0. The number of para-hydroxylation sites is 1. The van der Waals surface area contributed by atoms with E-state index < -0.39 is 5.41 Å². The summed E-state index contributed by atoms with van der Waals surface area (Å²) in [5.74, 6) is -0.0258. The van der Waals surface area contributed by atoms with Gasteiger partial charge in [0.1, 0.15) is 5.41 Å². The first-order chi connectivity index (χ1) is 12.7. The first-order valence-corrected chi connectivity index (χ1v) is 9.54. The fourth-order valence-corrected chi connectivity index (χ4v) is 3.51. The molecule has 0 aliphatic carbocycles. The smallest absolute Gasteiger partial charge is 0.242 e. The van der Waals surface area contributed by atoms with Crippen LogP contribution in [-0.2, 0) is 16.0 Å². The molecule has 4 heteroatoms. The minimum atomic E-state index is -1.16. The molecule has 2 amide bonds. The van der Waals surface area contributed by atoms with Gasteiger partial charge in [0.25, 0.3) is 0 Å². The molecule has 1 N–H and O–H groups in total. The van der Waals surface area contributed by atoms with Crippen LogP contribution in [0.25, 0.3) is 0 Å². The second-order valence-electron chi connectivity index (χ2n) is 8.21. The molecule has 0 radical (unpaired) electrons. The van der Waals surface area contributed by atoms with Crippen molar-refractivity contribution in [2.45, 2.75) is 53.0 Å². The number of carbonyl (C=O) groups excluding carboxylic acids is 2. The Labute approximate surface area is 161 Å². The highest BCUT2D eigenvalue weighted by Gasteiger charge is 2.43. The second kappa shape index (κ2) is 7.18. The molecule has 0 fully saturated rings. The van der Waals surface area contributed by atoms with Crippen LogP contribution in [0.15, 0.2) is 48.5 Å². The highest BCUT2D eigenvalue weighted by Crippen LogP contribution is 2.35. The number of carbonyl (C=O) groups is 2. The van der Waals surface area contributed by atoms with Gasteiger partial charge in [0.05, 0.1) is 0 Å². The van der Waals surface area contributed by atoms with Crippen molar-refractivity contribution in [2.24, 2.45) is 5.41 Å². The number of hydrogen-bond acceptors (Lipinski definition) is 2. The fraction of sp³-hybridized carbons (Fsp3) is 0.391. The Morgan fingerprint density at radius 3 is 2.33 bits per heavy atom. The van der Waals surface area contributed by atoms with E-state index in [0.717, 1.165) is 17.7 Å². The molecule has 2 aromatic carbocycles. The normalized spacial score (nSPS) is 16.4. The van der Waals surface area contributed by atoms with Crippen molar-refractivity contribution in [3.63, 3.8) is 0 Å². The van der Waals surface area contributed by atoms with Gasteiger partial charge in [-0.3, -0.25) is 9.59 Å². The van der Waals surface area contributed by atoms with E-state index in [4.69, 9.17) is 0 Å². The zero-order chi connectivity index (χ0) is 19.8. The number of fused-ring (bicyclic) bond motifs is 1. The molecule has 1 aliphatic heterocycles. The predicted molar refractivity (Wildman–Crippen MR) is 110 cm³/mol. The number of benzene rings is 2. The van der Waals surface area contributed by atoms with Crippen molar-refractivity contribution < 1.29 is 9.59 Å². The number of amides is 2. The molecular formula is C23H28N2O2. The summed E-state index contributed by atoms with van der Waals surface area (Å²) in [6.45, 7) is 9.67. The lowest BCUT2D eigenvalue weighted by Crippen LogP contribution is -2.49. The van der Waals surface area contributed by atoms with Crippen LogP contribution in [-0.4, -0.2) is 17.9 Å². The summed E-state index contributed by atoms with van der Waals surface area (Å²) in [5.41, 5.74) is 2.82. The Kier molecular flexibility index (Phi) is 5.09. The Morgan fingerprint density at radius 1 is 1.07 bits per heavy atom. The number of rotatable bonds is 4. The van der Waals surface area contributed by atoms with E-state index in [1.54, 1.807) is 18.7 Å². The van der Waals surface area contributed by atoms with Crippen molar-refractivity contribution in [1.29, 1.82) is 0 Å². The monoisotopic (exact) mass is 364 g/mol. The Morgan fingerprint density at radius 2 is 1.70 bits per heavy atom. The Bertz CT molecular complexity index is 853. The Hall–Kier alpha value is -2.62. The highest BCUT2D eigenvalue weighted by atomic mass is 16.2. The molecule has 0 aromatic heterocycles. The van der Waals surface area contributed by atoms with E-state index in [9.17, 15) is 9.59 Å². The third-order valence-electron chi connectivity index (χ3n) is 5.36. The molecule has 0 saturated carbocycles. The minimum absolute atomic E-state index is 0.0484. The number of hydrogen-bond donors (Lipinski definition) is 1. The van der Waals surface area contributed by atoms with Crippen molar-refractivity contribution in [3.8, 4) is 0 Å². The van der Waals surface area contributed by atoms with Crippen LogP contribution in [0.5, 0.6) is 0 Å². The maximum absolute atomic E-state index is 13.3. The molecule has 1 heterocycles. The van der Waals surface area contributed by atoms with Gasteiger partial charge in [0.15, 0.2) is 0 Å². The van der Waals surface area contributed by atoms with Gasteiger partial charge in [-0.1, -0.05) is 44.2 Å². The molecule has 1 atom stereocenters. The minimum Gasteiger partial charge on any atom is -0.325 e. The third-order valence-corrected chi connectivity index (χ3v) is 5.36. The maximum Gasteiger partial charge on any atom is 0.242 e. The maximum atomic E-state index is 13.3. The van der Waals surface area contributed by atoms with Gasteiger partial charge in [-0.05, 0) is 62.4 Å². The van der Waals surface area contributed by atoms with E-state index in [1.165, 1.54) is 5.56 Å². The quantitative estimate of drug-likeness (QED) is 0.796. The van der Waals surface area contributed by atoms with E-state index in [2.05, 4.69) is 19.2 Å². The average molecular weight is 364 g/mol. The highest BCUT2D eigenvalue weighted by molar-refractivity contribution is 6.15. The summed E-state index contributed by atoms with van der Waals surface area (Å²) in [5, 5.41) is 2.91. The molecule has 4 nitrogen and oxygen atoms in total. The van der Waals surface area contributed by atoms with E-state index >= 15 is 0 Å². The van der Waals surface area contributed by atoms with Crippen LogP contribution >= 0.6 is 0 Å². The molecule has 2 aromatic rings. The van der Waals surface area contributed by atoms with Crippen LogP contribution in [0.3, 0.4) is 0 Å². The zero-order valence-electron chi connectivity index (χ0n) is 16.7. The van der Waals surface area contributed by atoms with Gasteiger partial charge in [0.2, 0.25) is 11.8 Å². The first-order valence-electron chi connectivity index (χ1n) is 9.54. The molecule has 142 valence electrons. The summed E-state index contributed by atoms with van der Waals surface area (Å²) < 4.78 is 0. The standard InChI is InChI=1S/C23H28N2O2/c1-15(2)17-10-12-19(13-11-17)24-21(26)23(4,5)22(27)25-16(3)14-18-8-6-7-9-20(18)25/h6-13,15-16H,14H2,1-5H3,(H,24,26). The summed E-state index contributed by atoms with van der Waals surface area (Å²) >= 11 is 0. The van der Waals surface area contributed by atoms with Gasteiger partial charge in [-0.2, -0.15) is 0 Å². The van der Waals surface area contributed by atoms with Gasteiger partial charge in [-0.15, -0.1) is 0 Å². The molecule has 3 rings (SSSR count). The van der Waals surface area contributed by atoms with Crippen LogP contribution in [0.2, 0.25) is 0 Å². The molecule has 0 saturated heterocycles. The van der Waals surface area contributed by atoms with Gasteiger partial charge in [-0.25, -0.2) is 0 Å². The van der Waals surface area contributed by atoms with Gasteiger partial charge < -0.3 is 10.2 Å². The summed E-state index contributed by atoms with van der Waals surface area (Å²) in [6.07, 6.45) is 0.816. The molecule has 0 bridgehead atoms. The van der Waals surface area contributed by atoms with Crippen molar-refractivity contribution >= 4 is 23.2 Å². The number of nitrogens with zero attached hydrogens (tertiary/aromatic N) is 1. The zero-order valence-corrected chi connectivity index (χ0v) is 16.7. The van der Waals surface area contributed by atoms with Crippen molar-refractivity contribution in [2.75, 3.05) is 10.2 Å². The largest absolute Gasteiger partial charge is 0.325 e. The topological polar surface area (TPSA) is 49.4 Å². The van der Waals surface area contributed by atoms with E-state index in [1.807, 2.05) is 55.5 Å². The average Bonchev–Trinajstić information content (AvgIpc) is 2.97. The molecule has 27 heavy (non-hydrogen) atoms. The summed E-state index contributed by atoms with van der Waals surface area (Å²) in [7, 11) is 0. The van der Waals surface area contributed by atoms with Gasteiger partial charge >= 0.3 is 0 Å². The molecule has 0 spiro atoms. The molecular weight excluding hydrogens is 336 g/mol. The second-order valence-corrected chi connectivity index (χ2v) is 8.21. The molecule has 1 aliphatic rings. The third kappa shape index (κ3) is 3.61. The van der Waals surface area contributed by atoms with Crippen LogP contribution in [0.4, 0.5) is 11.4 Å². The molecule has 1 unspecified atom stereocenters.